The summed E-state index contributed by atoms with van der Waals surface area (Å²) in [6, 6.07) is 7.18. The summed E-state index contributed by atoms with van der Waals surface area (Å²) in [6.45, 7) is 0.205. The van der Waals surface area contributed by atoms with Gasteiger partial charge in [0.2, 0.25) is 12.7 Å². The molecule has 1 unspecified atom stereocenters. The molecule has 0 spiro atoms. The molecule has 5 heteroatoms. The second-order valence-electron chi connectivity index (χ2n) is 3.48. The third-order valence-corrected chi connectivity index (χ3v) is 2.38. The zero-order chi connectivity index (χ0) is 11.5. The van der Waals surface area contributed by atoms with Crippen molar-refractivity contribution in [3.05, 3.63) is 23.8 Å². The number of benzene rings is 1. The molecule has 0 fully saturated rings. The van der Waals surface area contributed by atoms with Crippen molar-refractivity contribution in [2.45, 2.75) is 6.42 Å². The molecule has 0 saturated heterocycles. The van der Waals surface area contributed by atoms with Crippen LogP contribution in [0.5, 0.6) is 11.5 Å². The lowest BCUT2D eigenvalue weighted by Crippen LogP contribution is -2.23. The largest absolute Gasteiger partial charge is 0.454 e. The zero-order valence-electron chi connectivity index (χ0n) is 8.47. The fourth-order valence-corrected chi connectivity index (χ4v) is 1.51. The number of carbonyl (C=O) groups excluding carboxylic acids is 1. The molecule has 0 saturated carbocycles. The maximum atomic E-state index is 10.9. The standard InChI is InChI=1S/C11H10N2O3/c12-5-8(11(13)14)3-7-1-2-9-10(4-7)16-6-15-9/h1-2,4,8H,3,6H2,(H2,13,14). The lowest BCUT2D eigenvalue weighted by atomic mass is 10.00. The van der Waals surface area contributed by atoms with E-state index in [-0.39, 0.29) is 6.79 Å². The van der Waals surface area contributed by atoms with Crippen LogP contribution in [0, 0.1) is 17.2 Å². The quantitative estimate of drug-likeness (QED) is 0.804. The smallest absolute Gasteiger partial charge is 0.235 e. The Kier molecular flexibility index (Phi) is 2.64. The fourth-order valence-electron chi connectivity index (χ4n) is 1.51. The van der Waals surface area contributed by atoms with Crippen LogP contribution in [0.4, 0.5) is 0 Å². The predicted octanol–water partition coefficient (Wildman–Crippen LogP) is 0.583. The summed E-state index contributed by atoms with van der Waals surface area (Å²) in [4.78, 5) is 10.9. The number of rotatable bonds is 3. The summed E-state index contributed by atoms with van der Waals surface area (Å²) in [6.07, 6.45) is 0.294. The van der Waals surface area contributed by atoms with E-state index >= 15 is 0 Å². The Balaban J connectivity index is 2.17. The van der Waals surface area contributed by atoms with E-state index in [4.69, 9.17) is 20.5 Å². The molecule has 16 heavy (non-hydrogen) atoms. The van der Waals surface area contributed by atoms with Crippen LogP contribution in [0.25, 0.3) is 0 Å². The number of amides is 1. The number of nitrogens with zero attached hydrogens (tertiary/aromatic N) is 1. The summed E-state index contributed by atoms with van der Waals surface area (Å²) in [5, 5.41) is 8.74. The summed E-state index contributed by atoms with van der Waals surface area (Å²) in [5.41, 5.74) is 5.92. The van der Waals surface area contributed by atoms with Crippen molar-refractivity contribution >= 4 is 5.91 Å². The average Bonchev–Trinajstić information content (AvgIpc) is 2.72. The lowest BCUT2D eigenvalue weighted by Gasteiger charge is -2.05. The Morgan fingerprint density at radius 2 is 2.25 bits per heavy atom. The Morgan fingerprint density at radius 3 is 2.94 bits per heavy atom. The number of nitrogens with two attached hydrogens (primary N) is 1. The molecule has 0 aromatic heterocycles. The molecule has 1 aromatic rings. The van der Waals surface area contributed by atoms with E-state index in [2.05, 4.69) is 0 Å². The average molecular weight is 218 g/mol. The normalized spacial score (nSPS) is 14.2. The van der Waals surface area contributed by atoms with Gasteiger partial charge >= 0.3 is 0 Å². The molecular weight excluding hydrogens is 208 g/mol. The molecule has 5 nitrogen and oxygen atoms in total. The minimum atomic E-state index is -0.805. The highest BCUT2D eigenvalue weighted by molar-refractivity contribution is 5.79. The van der Waals surface area contributed by atoms with Crippen LogP contribution in [-0.4, -0.2) is 12.7 Å². The molecule has 82 valence electrons. The van der Waals surface area contributed by atoms with E-state index in [9.17, 15) is 4.79 Å². The van der Waals surface area contributed by atoms with Gasteiger partial charge in [-0.05, 0) is 24.1 Å². The minimum absolute atomic E-state index is 0.205. The number of hydrogen-bond acceptors (Lipinski definition) is 4. The van der Waals surface area contributed by atoms with Crippen LogP contribution >= 0.6 is 0 Å². The van der Waals surface area contributed by atoms with Crippen LogP contribution in [0.15, 0.2) is 18.2 Å². The van der Waals surface area contributed by atoms with Crippen molar-refractivity contribution in [3.8, 4) is 17.6 Å². The number of hydrogen-bond donors (Lipinski definition) is 1. The molecule has 1 heterocycles. The SMILES string of the molecule is N#CC(Cc1ccc2c(c1)OCO2)C(N)=O. The Bertz CT molecular complexity index is 465. The van der Waals surface area contributed by atoms with E-state index in [1.165, 1.54) is 0 Å². The number of carbonyl (C=O) groups is 1. The van der Waals surface area contributed by atoms with Crippen molar-refractivity contribution < 1.29 is 14.3 Å². The molecule has 1 atom stereocenters. The summed E-state index contributed by atoms with van der Waals surface area (Å²) in [7, 11) is 0. The maximum Gasteiger partial charge on any atom is 0.235 e. The first-order valence-electron chi connectivity index (χ1n) is 4.78. The van der Waals surface area contributed by atoms with E-state index in [0.717, 1.165) is 5.56 Å². The molecule has 0 bridgehead atoms. The molecule has 0 radical (unpaired) electrons. The van der Waals surface area contributed by atoms with Gasteiger partial charge in [0.15, 0.2) is 11.5 Å². The number of nitriles is 1. The van der Waals surface area contributed by atoms with Gasteiger partial charge in [-0.1, -0.05) is 6.07 Å². The van der Waals surface area contributed by atoms with Crippen LogP contribution in [0.3, 0.4) is 0 Å². The first kappa shape index (κ1) is 10.3. The number of ether oxygens (including phenoxy) is 2. The van der Waals surface area contributed by atoms with Crippen LogP contribution in [0.1, 0.15) is 5.56 Å². The molecule has 0 aliphatic carbocycles. The fraction of sp³-hybridized carbons (Fsp3) is 0.273. The van der Waals surface area contributed by atoms with Gasteiger partial charge in [0, 0.05) is 0 Å². The van der Waals surface area contributed by atoms with Gasteiger partial charge < -0.3 is 15.2 Å². The molecule has 1 aromatic carbocycles. The maximum absolute atomic E-state index is 10.9. The van der Waals surface area contributed by atoms with Crippen LogP contribution < -0.4 is 15.2 Å². The first-order valence-corrected chi connectivity index (χ1v) is 4.78. The van der Waals surface area contributed by atoms with Crippen molar-refractivity contribution in [2.75, 3.05) is 6.79 Å². The monoisotopic (exact) mass is 218 g/mol. The minimum Gasteiger partial charge on any atom is -0.454 e. The zero-order valence-corrected chi connectivity index (χ0v) is 8.47. The predicted molar refractivity (Wildman–Crippen MR) is 54.6 cm³/mol. The van der Waals surface area contributed by atoms with Crippen molar-refractivity contribution in [1.82, 2.24) is 0 Å². The van der Waals surface area contributed by atoms with Gasteiger partial charge in [-0.3, -0.25) is 4.79 Å². The van der Waals surface area contributed by atoms with Gasteiger partial charge in [-0.2, -0.15) is 5.26 Å². The Hall–Kier alpha value is -2.22. The third-order valence-electron chi connectivity index (χ3n) is 2.38. The van der Waals surface area contributed by atoms with Gasteiger partial charge in [-0.25, -0.2) is 0 Å². The molecule has 1 aliphatic rings. The number of fused-ring (bicyclic) bond motifs is 1. The first-order chi connectivity index (χ1) is 7.70. The van der Waals surface area contributed by atoms with Crippen molar-refractivity contribution in [2.24, 2.45) is 11.7 Å². The topological polar surface area (TPSA) is 85.3 Å². The molecule has 2 rings (SSSR count). The molecular formula is C11H10N2O3. The van der Waals surface area contributed by atoms with Crippen molar-refractivity contribution in [1.29, 1.82) is 5.26 Å². The highest BCUT2D eigenvalue weighted by atomic mass is 16.7. The molecule has 1 aliphatic heterocycles. The number of primary amides is 1. The van der Waals surface area contributed by atoms with Gasteiger partial charge in [0.1, 0.15) is 5.92 Å². The van der Waals surface area contributed by atoms with Gasteiger partial charge in [-0.15, -0.1) is 0 Å². The highest BCUT2D eigenvalue weighted by Gasteiger charge is 2.18. The van der Waals surface area contributed by atoms with E-state index in [1.807, 2.05) is 6.07 Å². The summed E-state index contributed by atoms with van der Waals surface area (Å²) >= 11 is 0. The summed E-state index contributed by atoms with van der Waals surface area (Å²) in [5.74, 6) is -0.101. The Labute approximate surface area is 92.4 Å². The van der Waals surface area contributed by atoms with Crippen molar-refractivity contribution in [3.63, 3.8) is 0 Å². The van der Waals surface area contributed by atoms with Gasteiger partial charge in [0.05, 0.1) is 6.07 Å². The second kappa shape index (κ2) is 4.11. The van der Waals surface area contributed by atoms with Crippen LogP contribution in [-0.2, 0) is 11.2 Å². The van der Waals surface area contributed by atoms with E-state index in [0.29, 0.717) is 17.9 Å². The van der Waals surface area contributed by atoms with Crippen LogP contribution in [0.2, 0.25) is 0 Å². The van der Waals surface area contributed by atoms with Gasteiger partial charge in [0.25, 0.3) is 0 Å². The summed E-state index contributed by atoms with van der Waals surface area (Å²) < 4.78 is 10.3. The molecule has 2 N–H and O–H groups in total. The Morgan fingerprint density at radius 1 is 1.50 bits per heavy atom. The third kappa shape index (κ3) is 1.91. The second-order valence-corrected chi connectivity index (χ2v) is 3.48. The highest BCUT2D eigenvalue weighted by Crippen LogP contribution is 2.32. The van der Waals surface area contributed by atoms with E-state index in [1.54, 1.807) is 18.2 Å². The van der Waals surface area contributed by atoms with E-state index < -0.39 is 11.8 Å². The lowest BCUT2D eigenvalue weighted by molar-refractivity contribution is -0.120. The molecule has 1 amide bonds.